The van der Waals surface area contributed by atoms with E-state index in [2.05, 4.69) is 22.5 Å². The number of nitrogens with one attached hydrogen (secondary N) is 2. The van der Waals surface area contributed by atoms with Crippen LogP contribution in [0.5, 0.6) is 0 Å². The average molecular weight is 269 g/mol. The smallest absolute Gasteiger partial charge is 0.251 e. The largest absolute Gasteiger partial charge is 0.355 e. The Morgan fingerprint density at radius 3 is 2.40 bits per heavy atom. The minimum atomic E-state index is -0.0605. The van der Waals surface area contributed by atoms with Gasteiger partial charge in [-0.3, -0.25) is 9.78 Å². The summed E-state index contributed by atoms with van der Waals surface area (Å²) in [4.78, 5) is 15.5. The highest BCUT2D eigenvalue weighted by atomic mass is 16.1. The van der Waals surface area contributed by atoms with Gasteiger partial charge in [0.05, 0.1) is 0 Å². The quantitative estimate of drug-likeness (QED) is 0.875. The Labute approximate surface area is 119 Å². The Morgan fingerprint density at radius 1 is 1.15 bits per heavy atom. The highest BCUT2D eigenvalue weighted by molar-refractivity contribution is 5.93. The maximum absolute atomic E-state index is 11.4. The SMILES string of the molecule is CNC(=O)c1ccc(CNC(C)c2ccncc2)cc1. The summed E-state index contributed by atoms with van der Waals surface area (Å²) in [5, 5.41) is 6.06. The lowest BCUT2D eigenvalue weighted by molar-refractivity contribution is 0.0963. The van der Waals surface area contributed by atoms with Gasteiger partial charge in [0.25, 0.3) is 5.91 Å². The lowest BCUT2D eigenvalue weighted by Crippen LogP contribution is -2.19. The van der Waals surface area contributed by atoms with E-state index in [-0.39, 0.29) is 11.9 Å². The Balaban J connectivity index is 1.93. The molecule has 0 aliphatic rings. The van der Waals surface area contributed by atoms with Crippen LogP contribution in [0.15, 0.2) is 48.8 Å². The molecule has 4 nitrogen and oxygen atoms in total. The molecule has 0 aliphatic heterocycles. The van der Waals surface area contributed by atoms with Crippen molar-refractivity contribution in [2.24, 2.45) is 0 Å². The van der Waals surface area contributed by atoms with Crippen molar-refractivity contribution >= 4 is 5.91 Å². The topological polar surface area (TPSA) is 54.0 Å². The number of rotatable bonds is 5. The van der Waals surface area contributed by atoms with Gasteiger partial charge in [0.1, 0.15) is 0 Å². The second-order valence-electron chi connectivity index (χ2n) is 4.66. The molecule has 0 spiro atoms. The predicted octanol–water partition coefficient (Wildman–Crippen LogP) is 2.29. The lowest BCUT2D eigenvalue weighted by atomic mass is 10.1. The highest BCUT2D eigenvalue weighted by Crippen LogP contribution is 2.12. The van der Waals surface area contributed by atoms with Crippen LogP contribution in [0.4, 0.5) is 0 Å². The van der Waals surface area contributed by atoms with Crippen LogP contribution < -0.4 is 10.6 Å². The average Bonchev–Trinajstić information content (AvgIpc) is 2.53. The van der Waals surface area contributed by atoms with Gasteiger partial charge in [-0.2, -0.15) is 0 Å². The molecule has 1 aromatic heterocycles. The summed E-state index contributed by atoms with van der Waals surface area (Å²) >= 11 is 0. The van der Waals surface area contributed by atoms with Crippen LogP contribution in [0.2, 0.25) is 0 Å². The number of amides is 1. The summed E-state index contributed by atoms with van der Waals surface area (Å²) < 4.78 is 0. The van der Waals surface area contributed by atoms with Crippen LogP contribution in [0.1, 0.15) is 34.5 Å². The van der Waals surface area contributed by atoms with E-state index in [1.165, 1.54) is 5.56 Å². The van der Waals surface area contributed by atoms with E-state index in [1.54, 1.807) is 19.4 Å². The van der Waals surface area contributed by atoms with Crippen molar-refractivity contribution in [2.75, 3.05) is 7.05 Å². The Morgan fingerprint density at radius 2 is 1.80 bits per heavy atom. The summed E-state index contributed by atoms with van der Waals surface area (Å²) in [6.45, 7) is 2.88. The predicted molar refractivity (Wildman–Crippen MR) is 79.3 cm³/mol. The molecule has 0 fully saturated rings. The second-order valence-corrected chi connectivity index (χ2v) is 4.66. The molecule has 1 amide bonds. The highest BCUT2D eigenvalue weighted by Gasteiger charge is 2.05. The van der Waals surface area contributed by atoms with Crippen molar-refractivity contribution in [1.29, 1.82) is 0 Å². The number of hydrogen-bond acceptors (Lipinski definition) is 3. The maximum Gasteiger partial charge on any atom is 0.251 e. The Kier molecular flexibility index (Phi) is 4.85. The molecule has 4 heteroatoms. The van der Waals surface area contributed by atoms with Crippen LogP contribution in [-0.4, -0.2) is 17.9 Å². The molecule has 1 unspecified atom stereocenters. The summed E-state index contributed by atoms with van der Waals surface area (Å²) in [7, 11) is 1.63. The van der Waals surface area contributed by atoms with Crippen molar-refractivity contribution in [3.8, 4) is 0 Å². The fourth-order valence-electron chi connectivity index (χ4n) is 1.96. The standard InChI is InChI=1S/C16H19N3O/c1-12(14-7-9-18-10-8-14)19-11-13-3-5-15(6-4-13)16(20)17-2/h3-10,12,19H,11H2,1-2H3,(H,17,20). The molecule has 0 bridgehead atoms. The molecule has 0 saturated carbocycles. The number of benzene rings is 1. The van der Waals surface area contributed by atoms with Gasteiger partial charge in [-0.25, -0.2) is 0 Å². The molecule has 0 radical (unpaired) electrons. The van der Waals surface area contributed by atoms with Crippen LogP contribution >= 0.6 is 0 Å². The third-order valence-corrected chi connectivity index (χ3v) is 3.26. The van der Waals surface area contributed by atoms with Crippen molar-refractivity contribution in [3.05, 3.63) is 65.5 Å². The molecule has 20 heavy (non-hydrogen) atoms. The third kappa shape index (κ3) is 3.65. The van der Waals surface area contributed by atoms with Gasteiger partial charge in [0.15, 0.2) is 0 Å². The van der Waals surface area contributed by atoms with Gasteiger partial charge in [0, 0.05) is 37.6 Å². The molecule has 1 atom stereocenters. The minimum absolute atomic E-state index is 0.0605. The number of carbonyl (C=O) groups excluding carboxylic acids is 1. The summed E-state index contributed by atoms with van der Waals surface area (Å²) in [6.07, 6.45) is 3.59. The van der Waals surface area contributed by atoms with Gasteiger partial charge in [0.2, 0.25) is 0 Å². The molecule has 1 aromatic carbocycles. The van der Waals surface area contributed by atoms with E-state index in [0.717, 1.165) is 12.1 Å². The van der Waals surface area contributed by atoms with Gasteiger partial charge < -0.3 is 10.6 Å². The first-order chi connectivity index (χ1) is 9.70. The van der Waals surface area contributed by atoms with Gasteiger partial charge >= 0.3 is 0 Å². The maximum atomic E-state index is 11.4. The van der Waals surface area contributed by atoms with Gasteiger partial charge in [-0.05, 0) is 42.3 Å². The molecule has 2 rings (SSSR count). The molecule has 2 aromatic rings. The number of nitrogens with zero attached hydrogens (tertiary/aromatic N) is 1. The van der Waals surface area contributed by atoms with E-state index in [1.807, 2.05) is 36.4 Å². The number of hydrogen-bond donors (Lipinski definition) is 2. The normalized spacial score (nSPS) is 11.9. The first kappa shape index (κ1) is 14.2. The zero-order valence-electron chi connectivity index (χ0n) is 11.8. The van der Waals surface area contributed by atoms with E-state index in [0.29, 0.717) is 5.56 Å². The van der Waals surface area contributed by atoms with Crippen LogP contribution in [0.3, 0.4) is 0 Å². The lowest BCUT2D eigenvalue weighted by Gasteiger charge is -2.14. The third-order valence-electron chi connectivity index (χ3n) is 3.26. The number of carbonyl (C=O) groups is 1. The molecule has 104 valence electrons. The minimum Gasteiger partial charge on any atom is -0.355 e. The molecule has 2 N–H and O–H groups in total. The van der Waals surface area contributed by atoms with Gasteiger partial charge in [-0.1, -0.05) is 12.1 Å². The van der Waals surface area contributed by atoms with E-state index in [9.17, 15) is 4.79 Å². The summed E-state index contributed by atoms with van der Waals surface area (Å²) in [5.74, 6) is -0.0605. The first-order valence-corrected chi connectivity index (χ1v) is 6.65. The zero-order valence-corrected chi connectivity index (χ0v) is 11.8. The van der Waals surface area contributed by atoms with Crippen LogP contribution in [-0.2, 0) is 6.54 Å². The number of pyridine rings is 1. The van der Waals surface area contributed by atoms with Crippen molar-refractivity contribution in [2.45, 2.75) is 19.5 Å². The molecule has 0 aliphatic carbocycles. The van der Waals surface area contributed by atoms with E-state index < -0.39 is 0 Å². The van der Waals surface area contributed by atoms with Crippen molar-refractivity contribution in [3.63, 3.8) is 0 Å². The Bertz CT molecular complexity index is 552. The molecule has 1 heterocycles. The fourth-order valence-corrected chi connectivity index (χ4v) is 1.96. The first-order valence-electron chi connectivity index (χ1n) is 6.65. The number of aromatic nitrogens is 1. The molecular formula is C16H19N3O. The van der Waals surface area contributed by atoms with Gasteiger partial charge in [-0.15, -0.1) is 0 Å². The van der Waals surface area contributed by atoms with Crippen molar-refractivity contribution < 1.29 is 4.79 Å². The van der Waals surface area contributed by atoms with E-state index >= 15 is 0 Å². The fraction of sp³-hybridized carbons (Fsp3) is 0.250. The van der Waals surface area contributed by atoms with Crippen LogP contribution in [0, 0.1) is 0 Å². The zero-order chi connectivity index (χ0) is 14.4. The van der Waals surface area contributed by atoms with Crippen molar-refractivity contribution in [1.82, 2.24) is 15.6 Å². The monoisotopic (exact) mass is 269 g/mol. The molecular weight excluding hydrogens is 250 g/mol. The summed E-state index contributed by atoms with van der Waals surface area (Å²) in [5.41, 5.74) is 3.04. The molecule has 0 saturated heterocycles. The Hall–Kier alpha value is -2.20. The van der Waals surface area contributed by atoms with Crippen LogP contribution in [0.25, 0.3) is 0 Å². The second kappa shape index (κ2) is 6.82. The van der Waals surface area contributed by atoms with E-state index in [4.69, 9.17) is 0 Å². The summed E-state index contributed by atoms with van der Waals surface area (Å²) in [6, 6.07) is 11.9.